The van der Waals surface area contributed by atoms with Gasteiger partial charge in [-0.15, -0.1) is 0 Å². The zero-order chi connectivity index (χ0) is 14.5. The third kappa shape index (κ3) is 4.07. The molecule has 0 radical (unpaired) electrons. The Balaban J connectivity index is 2.03. The Labute approximate surface area is 127 Å². The zero-order valence-corrected chi connectivity index (χ0v) is 13.1. The predicted molar refractivity (Wildman–Crippen MR) is 87.7 cm³/mol. The Morgan fingerprint density at radius 2 is 1.90 bits per heavy atom. The molecule has 2 rings (SSSR count). The molecule has 0 unspecified atom stereocenters. The normalized spacial score (nSPS) is 10.8. The third-order valence-corrected chi connectivity index (χ3v) is 3.54. The van der Waals surface area contributed by atoms with E-state index >= 15 is 0 Å². The van der Waals surface area contributed by atoms with E-state index in [0.29, 0.717) is 0 Å². The molecule has 2 aromatic rings. The summed E-state index contributed by atoms with van der Waals surface area (Å²) in [5, 5.41) is 2.86. The molecule has 20 heavy (non-hydrogen) atoms. The van der Waals surface area contributed by atoms with E-state index in [1.165, 1.54) is 17.2 Å². The first-order valence-electron chi connectivity index (χ1n) is 6.36. The summed E-state index contributed by atoms with van der Waals surface area (Å²) in [7, 11) is 0. The second kappa shape index (κ2) is 6.53. The summed E-state index contributed by atoms with van der Waals surface area (Å²) in [5.74, 6) is -0.131. The number of benzene rings is 2. The first-order chi connectivity index (χ1) is 9.54. The highest BCUT2D eigenvalue weighted by atomic mass is 79.9. The quantitative estimate of drug-likeness (QED) is 0.811. The number of hydrogen-bond donors (Lipinski definition) is 1. The minimum atomic E-state index is -0.131. The number of halogens is 1. The van der Waals surface area contributed by atoms with Crippen LogP contribution < -0.4 is 5.32 Å². The van der Waals surface area contributed by atoms with Crippen molar-refractivity contribution < 1.29 is 4.79 Å². The van der Waals surface area contributed by atoms with Crippen molar-refractivity contribution in [3.05, 3.63) is 69.7 Å². The Morgan fingerprint density at radius 3 is 2.60 bits per heavy atom. The van der Waals surface area contributed by atoms with E-state index in [1.807, 2.05) is 56.3 Å². The van der Waals surface area contributed by atoms with Crippen molar-refractivity contribution in [3.8, 4) is 0 Å². The topological polar surface area (TPSA) is 29.1 Å². The monoisotopic (exact) mass is 329 g/mol. The van der Waals surface area contributed by atoms with Gasteiger partial charge < -0.3 is 5.32 Å². The lowest BCUT2D eigenvalue weighted by Crippen LogP contribution is -2.07. The highest BCUT2D eigenvalue weighted by Gasteiger charge is 2.00. The number of carbonyl (C=O) groups excluding carboxylic acids is 1. The van der Waals surface area contributed by atoms with Gasteiger partial charge in [0.25, 0.3) is 0 Å². The third-order valence-electron chi connectivity index (χ3n) is 3.05. The summed E-state index contributed by atoms with van der Waals surface area (Å²) in [6.45, 7) is 4.08. The maximum absolute atomic E-state index is 11.9. The SMILES string of the molecule is Cc1ccc(NC(=O)C=Cc2cccc(Br)c2)cc1C. The van der Waals surface area contributed by atoms with Crippen molar-refractivity contribution >= 4 is 33.6 Å². The predicted octanol–water partition coefficient (Wildman–Crippen LogP) is 4.72. The van der Waals surface area contributed by atoms with Crippen molar-refractivity contribution in [2.75, 3.05) is 5.32 Å². The Morgan fingerprint density at radius 1 is 1.10 bits per heavy atom. The van der Waals surface area contributed by atoms with Crippen LogP contribution in [0.4, 0.5) is 5.69 Å². The van der Waals surface area contributed by atoms with Crippen LogP contribution >= 0.6 is 15.9 Å². The summed E-state index contributed by atoms with van der Waals surface area (Å²) in [5.41, 5.74) is 4.18. The number of aryl methyl sites for hydroxylation is 2. The van der Waals surface area contributed by atoms with Gasteiger partial charge >= 0.3 is 0 Å². The molecule has 0 atom stereocenters. The molecule has 0 heterocycles. The fraction of sp³-hybridized carbons (Fsp3) is 0.118. The van der Waals surface area contributed by atoms with Crippen LogP contribution in [0.15, 0.2) is 53.0 Å². The molecule has 0 aromatic heterocycles. The standard InChI is InChI=1S/C17H16BrNO/c1-12-6-8-16(10-13(12)2)19-17(20)9-7-14-4-3-5-15(18)11-14/h3-11H,1-2H3,(H,19,20). The fourth-order valence-electron chi connectivity index (χ4n) is 1.79. The van der Waals surface area contributed by atoms with Crippen LogP contribution in [0.25, 0.3) is 6.08 Å². The molecule has 0 saturated heterocycles. The van der Waals surface area contributed by atoms with Gasteiger partial charge in [0.2, 0.25) is 5.91 Å². The molecule has 3 heteroatoms. The number of rotatable bonds is 3. The summed E-state index contributed by atoms with van der Waals surface area (Å²) in [4.78, 5) is 11.9. The summed E-state index contributed by atoms with van der Waals surface area (Å²) < 4.78 is 0.995. The lowest BCUT2D eigenvalue weighted by Gasteiger charge is -2.05. The second-order valence-electron chi connectivity index (χ2n) is 4.68. The van der Waals surface area contributed by atoms with Gasteiger partial charge in [0.15, 0.2) is 0 Å². The largest absolute Gasteiger partial charge is 0.323 e. The summed E-state index contributed by atoms with van der Waals surface area (Å²) in [6, 6.07) is 13.7. The van der Waals surface area contributed by atoms with E-state index in [1.54, 1.807) is 6.08 Å². The van der Waals surface area contributed by atoms with Crippen LogP contribution in [0.5, 0.6) is 0 Å². The molecule has 0 aliphatic rings. The lowest BCUT2D eigenvalue weighted by atomic mass is 10.1. The van der Waals surface area contributed by atoms with Gasteiger partial charge in [-0.3, -0.25) is 4.79 Å². The van der Waals surface area contributed by atoms with Gasteiger partial charge in [-0.1, -0.05) is 34.1 Å². The van der Waals surface area contributed by atoms with E-state index < -0.39 is 0 Å². The number of anilines is 1. The Kier molecular flexibility index (Phi) is 4.74. The highest BCUT2D eigenvalue weighted by molar-refractivity contribution is 9.10. The van der Waals surface area contributed by atoms with E-state index in [4.69, 9.17) is 0 Å². The molecule has 0 fully saturated rings. The summed E-state index contributed by atoms with van der Waals surface area (Å²) in [6.07, 6.45) is 3.33. The maximum Gasteiger partial charge on any atom is 0.248 e. The Bertz CT molecular complexity index is 662. The molecular weight excluding hydrogens is 314 g/mol. The molecule has 0 aliphatic heterocycles. The van der Waals surface area contributed by atoms with Crippen LogP contribution in [0.1, 0.15) is 16.7 Å². The van der Waals surface area contributed by atoms with Gasteiger partial charge in [-0.05, 0) is 60.9 Å². The minimum Gasteiger partial charge on any atom is -0.323 e. The molecule has 1 N–H and O–H groups in total. The molecule has 102 valence electrons. The first-order valence-corrected chi connectivity index (χ1v) is 7.16. The first kappa shape index (κ1) is 14.5. The number of amides is 1. The lowest BCUT2D eigenvalue weighted by molar-refractivity contribution is -0.111. The molecule has 0 aliphatic carbocycles. The van der Waals surface area contributed by atoms with Crippen molar-refractivity contribution in [2.45, 2.75) is 13.8 Å². The highest BCUT2D eigenvalue weighted by Crippen LogP contribution is 2.15. The van der Waals surface area contributed by atoms with Crippen LogP contribution in [0.2, 0.25) is 0 Å². The second-order valence-corrected chi connectivity index (χ2v) is 5.59. The number of hydrogen-bond acceptors (Lipinski definition) is 1. The van der Waals surface area contributed by atoms with Crippen molar-refractivity contribution in [1.29, 1.82) is 0 Å². The minimum absolute atomic E-state index is 0.131. The van der Waals surface area contributed by atoms with E-state index in [-0.39, 0.29) is 5.91 Å². The van der Waals surface area contributed by atoms with Gasteiger partial charge in [-0.2, -0.15) is 0 Å². The van der Waals surface area contributed by atoms with Crippen molar-refractivity contribution in [1.82, 2.24) is 0 Å². The van der Waals surface area contributed by atoms with E-state index in [0.717, 1.165) is 15.7 Å². The van der Waals surface area contributed by atoms with Crippen LogP contribution in [-0.2, 0) is 4.79 Å². The molecule has 0 saturated carbocycles. The van der Waals surface area contributed by atoms with Crippen LogP contribution in [0, 0.1) is 13.8 Å². The van der Waals surface area contributed by atoms with Crippen LogP contribution in [-0.4, -0.2) is 5.91 Å². The molecule has 1 amide bonds. The maximum atomic E-state index is 11.9. The average Bonchev–Trinajstić information content (AvgIpc) is 2.41. The van der Waals surface area contributed by atoms with Crippen molar-refractivity contribution in [3.63, 3.8) is 0 Å². The number of carbonyl (C=O) groups is 1. The summed E-state index contributed by atoms with van der Waals surface area (Å²) >= 11 is 3.40. The van der Waals surface area contributed by atoms with Gasteiger partial charge in [0, 0.05) is 16.2 Å². The number of nitrogens with one attached hydrogen (secondary N) is 1. The van der Waals surface area contributed by atoms with Crippen molar-refractivity contribution in [2.24, 2.45) is 0 Å². The average molecular weight is 330 g/mol. The molecular formula is C17H16BrNO. The zero-order valence-electron chi connectivity index (χ0n) is 11.5. The molecule has 2 aromatic carbocycles. The van der Waals surface area contributed by atoms with Gasteiger partial charge in [-0.25, -0.2) is 0 Å². The molecule has 2 nitrogen and oxygen atoms in total. The van der Waals surface area contributed by atoms with Gasteiger partial charge in [0.05, 0.1) is 0 Å². The van der Waals surface area contributed by atoms with Gasteiger partial charge in [0.1, 0.15) is 0 Å². The van der Waals surface area contributed by atoms with E-state index in [9.17, 15) is 4.79 Å². The Hall–Kier alpha value is -1.87. The fourth-order valence-corrected chi connectivity index (χ4v) is 2.20. The van der Waals surface area contributed by atoms with Crippen LogP contribution in [0.3, 0.4) is 0 Å². The molecule has 0 bridgehead atoms. The smallest absolute Gasteiger partial charge is 0.248 e. The molecule has 0 spiro atoms. The van der Waals surface area contributed by atoms with E-state index in [2.05, 4.69) is 21.2 Å².